The summed E-state index contributed by atoms with van der Waals surface area (Å²) in [6.45, 7) is 6.12. The van der Waals surface area contributed by atoms with Gasteiger partial charge in [0.1, 0.15) is 6.04 Å². The van der Waals surface area contributed by atoms with E-state index >= 15 is 0 Å². The number of hydrogen-bond acceptors (Lipinski definition) is 3. The Morgan fingerprint density at radius 3 is 2.54 bits per heavy atom. The minimum absolute atomic E-state index is 0.0193. The van der Waals surface area contributed by atoms with Crippen LogP contribution >= 0.6 is 0 Å². The molecule has 2 N–H and O–H groups in total. The number of rotatable bonds is 6. The van der Waals surface area contributed by atoms with Crippen molar-refractivity contribution in [3.8, 4) is 0 Å². The molecule has 1 aliphatic carbocycles. The Morgan fingerprint density at radius 2 is 1.82 bits per heavy atom. The number of piperidine rings is 1. The van der Waals surface area contributed by atoms with Gasteiger partial charge in [0, 0.05) is 38.1 Å². The first-order valence-corrected chi connectivity index (χ1v) is 11.0. The van der Waals surface area contributed by atoms with Crippen molar-refractivity contribution in [1.29, 1.82) is 0 Å². The molecule has 1 aliphatic heterocycles. The van der Waals surface area contributed by atoms with E-state index in [9.17, 15) is 9.59 Å². The standard InChI is InChI=1S/C19H31N5O2.C2H6/c25-18(21-10-6-12-23-14-11-20-15-23)17-9-4-5-13-24(17)19(26)22-16-7-2-1-3-8-16;1-2/h11,14-17H,1-10,12-13H2,(H,21,25)(H,22,26);1-2H3. The van der Waals surface area contributed by atoms with E-state index in [1.54, 1.807) is 17.4 Å². The third-order valence-electron chi connectivity index (χ3n) is 5.45. The average Bonchev–Trinajstić information content (AvgIpc) is 3.27. The average molecular weight is 392 g/mol. The lowest BCUT2D eigenvalue weighted by Crippen LogP contribution is -2.56. The second-order valence-electron chi connectivity index (χ2n) is 7.43. The molecule has 0 aromatic carbocycles. The number of hydrogen-bond donors (Lipinski definition) is 2. The Kier molecular flexibility index (Phi) is 9.86. The fraction of sp³-hybridized carbons (Fsp3) is 0.762. The van der Waals surface area contributed by atoms with Gasteiger partial charge < -0.3 is 20.1 Å². The molecule has 3 amide bonds. The lowest BCUT2D eigenvalue weighted by atomic mass is 9.95. The van der Waals surface area contributed by atoms with Crippen LogP contribution in [-0.4, -0.2) is 51.6 Å². The van der Waals surface area contributed by atoms with Crippen molar-refractivity contribution < 1.29 is 9.59 Å². The van der Waals surface area contributed by atoms with Crippen LogP contribution in [0.1, 0.15) is 71.6 Å². The molecule has 0 radical (unpaired) electrons. The number of amides is 3. The molecule has 7 nitrogen and oxygen atoms in total. The number of imidazole rings is 1. The van der Waals surface area contributed by atoms with Gasteiger partial charge in [-0.05, 0) is 38.5 Å². The molecule has 3 rings (SSSR count). The van der Waals surface area contributed by atoms with Gasteiger partial charge in [0.2, 0.25) is 5.91 Å². The van der Waals surface area contributed by atoms with Gasteiger partial charge in [-0.3, -0.25) is 4.79 Å². The zero-order valence-electron chi connectivity index (χ0n) is 17.5. The fourth-order valence-corrected chi connectivity index (χ4v) is 3.96. The Morgan fingerprint density at radius 1 is 1.07 bits per heavy atom. The number of nitrogens with zero attached hydrogens (tertiary/aromatic N) is 3. The Bertz CT molecular complexity index is 569. The summed E-state index contributed by atoms with van der Waals surface area (Å²) in [5.41, 5.74) is 0. The summed E-state index contributed by atoms with van der Waals surface area (Å²) in [5, 5.41) is 6.16. The summed E-state index contributed by atoms with van der Waals surface area (Å²) in [6.07, 6.45) is 14.8. The van der Waals surface area contributed by atoms with Gasteiger partial charge in [-0.25, -0.2) is 9.78 Å². The lowest BCUT2D eigenvalue weighted by molar-refractivity contribution is -0.126. The molecular formula is C21H37N5O2. The first-order valence-electron chi connectivity index (χ1n) is 11.0. The van der Waals surface area contributed by atoms with Crippen molar-refractivity contribution in [2.24, 2.45) is 0 Å². The molecule has 0 bridgehead atoms. The summed E-state index contributed by atoms with van der Waals surface area (Å²) in [4.78, 5) is 31.1. The van der Waals surface area contributed by atoms with Crippen LogP contribution in [0.25, 0.3) is 0 Å². The van der Waals surface area contributed by atoms with E-state index in [0.29, 0.717) is 13.1 Å². The third kappa shape index (κ3) is 6.84. The molecule has 2 heterocycles. The van der Waals surface area contributed by atoms with Crippen molar-refractivity contribution >= 4 is 11.9 Å². The van der Waals surface area contributed by atoms with E-state index in [4.69, 9.17) is 0 Å². The number of nitrogens with one attached hydrogen (secondary N) is 2. The van der Waals surface area contributed by atoms with E-state index in [2.05, 4.69) is 15.6 Å². The summed E-state index contributed by atoms with van der Waals surface area (Å²) >= 11 is 0. The molecule has 7 heteroatoms. The van der Waals surface area contributed by atoms with Crippen LogP contribution in [0.5, 0.6) is 0 Å². The topological polar surface area (TPSA) is 79.3 Å². The van der Waals surface area contributed by atoms with Crippen molar-refractivity contribution in [2.45, 2.75) is 90.3 Å². The van der Waals surface area contributed by atoms with Gasteiger partial charge in [0.25, 0.3) is 0 Å². The van der Waals surface area contributed by atoms with Gasteiger partial charge in [0.05, 0.1) is 6.33 Å². The van der Waals surface area contributed by atoms with Crippen molar-refractivity contribution in [1.82, 2.24) is 25.1 Å². The van der Waals surface area contributed by atoms with Crippen molar-refractivity contribution in [2.75, 3.05) is 13.1 Å². The molecule has 28 heavy (non-hydrogen) atoms. The van der Waals surface area contributed by atoms with Gasteiger partial charge in [0.15, 0.2) is 0 Å². The molecule has 1 saturated heterocycles. The van der Waals surface area contributed by atoms with Crippen LogP contribution in [0.2, 0.25) is 0 Å². The van der Waals surface area contributed by atoms with Crippen LogP contribution in [0.4, 0.5) is 4.79 Å². The number of aromatic nitrogens is 2. The number of carbonyl (C=O) groups is 2. The maximum atomic E-state index is 12.7. The van der Waals surface area contributed by atoms with Crippen molar-refractivity contribution in [3.05, 3.63) is 18.7 Å². The molecular weight excluding hydrogens is 354 g/mol. The predicted molar refractivity (Wildman–Crippen MR) is 111 cm³/mol. The van der Waals surface area contributed by atoms with E-state index in [-0.39, 0.29) is 24.0 Å². The molecule has 0 spiro atoms. The second-order valence-corrected chi connectivity index (χ2v) is 7.43. The molecule has 1 saturated carbocycles. The van der Waals surface area contributed by atoms with Gasteiger partial charge in [-0.1, -0.05) is 33.1 Å². The highest BCUT2D eigenvalue weighted by atomic mass is 16.2. The van der Waals surface area contributed by atoms with E-state index < -0.39 is 0 Å². The van der Waals surface area contributed by atoms with E-state index in [0.717, 1.165) is 45.1 Å². The molecule has 158 valence electrons. The highest BCUT2D eigenvalue weighted by molar-refractivity contribution is 5.87. The molecule has 1 atom stereocenters. The van der Waals surface area contributed by atoms with Gasteiger partial charge >= 0.3 is 6.03 Å². The van der Waals surface area contributed by atoms with Crippen molar-refractivity contribution in [3.63, 3.8) is 0 Å². The first-order chi connectivity index (χ1) is 13.7. The summed E-state index contributed by atoms with van der Waals surface area (Å²) < 4.78 is 2.00. The highest BCUT2D eigenvalue weighted by Crippen LogP contribution is 2.20. The smallest absolute Gasteiger partial charge is 0.318 e. The molecule has 1 aromatic heterocycles. The molecule has 2 fully saturated rings. The second kappa shape index (κ2) is 12.4. The summed E-state index contributed by atoms with van der Waals surface area (Å²) in [6, 6.07) is -0.118. The highest BCUT2D eigenvalue weighted by Gasteiger charge is 2.32. The van der Waals surface area contributed by atoms with Crippen LogP contribution in [-0.2, 0) is 11.3 Å². The van der Waals surface area contributed by atoms with Crippen LogP contribution in [0, 0.1) is 0 Å². The zero-order chi connectivity index (χ0) is 20.2. The van der Waals surface area contributed by atoms with Crippen LogP contribution < -0.4 is 10.6 Å². The molecule has 2 aliphatic rings. The molecule has 1 unspecified atom stereocenters. The zero-order valence-corrected chi connectivity index (χ0v) is 17.5. The Hall–Kier alpha value is -2.05. The quantitative estimate of drug-likeness (QED) is 0.730. The maximum absolute atomic E-state index is 12.7. The van der Waals surface area contributed by atoms with Gasteiger partial charge in [-0.15, -0.1) is 0 Å². The predicted octanol–water partition coefficient (Wildman–Crippen LogP) is 3.31. The first kappa shape index (κ1) is 22.2. The summed E-state index contributed by atoms with van der Waals surface area (Å²) in [7, 11) is 0. The maximum Gasteiger partial charge on any atom is 0.318 e. The SMILES string of the molecule is CC.O=C(NCCCn1ccnc1)C1CCCCN1C(=O)NC1CCCCC1. The minimum atomic E-state index is -0.333. The largest absolute Gasteiger partial charge is 0.354 e. The van der Waals surface area contributed by atoms with Crippen LogP contribution in [0.15, 0.2) is 18.7 Å². The normalized spacial score (nSPS) is 20.1. The van der Waals surface area contributed by atoms with Gasteiger partial charge in [-0.2, -0.15) is 0 Å². The third-order valence-corrected chi connectivity index (χ3v) is 5.45. The van der Waals surface area contributed by atoms with Crippen LogP contribution in [0.3, 0.4) is 0 Å². The number of aryl methyl sites for hydroxylation is 1. The monoisotopic (exact) mass is 391 g/mol. The minimum Gasteiger partial charge on any atom is -0.354 e. The van der Waals surface area contributed by atoms with E-state index in [1.165, 1.54) is 19.3 Å². The molecule has 1 aromatic rings. The fourth-order valence-electron chi connectivity index (χ4n) is 3.96. The number of urea groups is 1. The summed E-state index contributed by atoms with van der Waals surface area (Å²) in [5.74, 6) is -0.0193. The lowest BCUT2D eigenvalue weighted by Gasteiger charge is -2.36. The Labute approximate surface area is 169 Å². The number of carbonyl (C=O) groups excluding carboxylic acids is 2. The van der Waals surface area contributed by atoms with E-state index in [1.807, 2.05) is 24.6 Å². The number of likely N-dealkylation sites (tertiary alicyclic amines) is 1. The Balaban J connectivity index is 0.00000136.